The molecule has 0 radical (unpaired) electrons. The van der Waals surface area contributed by atoms with Crippen molar-refractivity contribution >= 4 is 5.91 Å². The van der Waals surface area contributed by atoms with Gasteiger partial charge >= 0.3 is 0 Å². The molecule has 3 aromatic rings. The Labute approximate surface area is 146 Å². The van der Waals surface area contributed by atoms with Crippen LogP contribution in [0.5, 0.6) is 0 Å². The SMILES string of the molecule is Cc1cccc([C@@H](C(=O)NCc2cc(-c3ccco3)on2)N(C)C)c1. The number of carbonyl (C=O) groups excluding carboxylic acids is 1. The number of amides is 1. The van der Waals surface area contributed by atoms with Gasteiger partial charge in [-0.3, -0.25) is 9.69 Å². The number of rotatable bonds is 6. The molecule has 0 aliphatic carbocycles. The molecule has 1 atom stereocenters. The van der Waals surface area contributed by atoms with Gasteiger partial charge in [-0.1, -0.05) is 35.0 Å². The number of furan rings is 1. The van der Waals surface area contributed by atoms with Gasteiger partial charge < -0.3 is 14.3 Å². The molecular weight excluding hydrogens is 318 g/mol. The Morgan fingerprint density at radius 3 is 2.72 bits per heavy atom. The van der Waals surface area contributed by atoms with Crippen molar-refractivity contribution in [1.82, 2.24) is 15.4 Å². The number of aryl methyl sites for hydroxylation is 1. The molecule has 0 fully saturated rings. The van der Waals surface area contributed by atoms with Crippen LogP contribution in [0, 0.1) is 6.92 Å². The monoisotopic (exact) mass is 339 g/mol. The molecule has 0 bridgehead atoms. The molecule has 1 N–H and O–H groups in total. The van der Waals surface area contributed by atoms with Crippen LogP contribution < -0.4 is 5.32 Å². The van der Waals surface area contributed by atoms with Crippen molar-refractivity contribution in [2.45, 2.75) is 19.5 Å². The molecule has 130 valence electrons. The summed E-state index contributed by atoms with van der Waals surface area (Å²) in [5.41, 5.74) is 2.72. The van der Waals surface area contributed by atoms with Crippen molar-refractivity contribution in [3.8, 4) is 11.5 Å². The minimum absolute atomic E-state index is 0.0850. The lowest BCUT2D eigenvalue weighted by Crippen LogP contribution is -2.36. The maximum Gasteiger partial charge on any atom is 0.242 e. The van der Waals surface area contributed by atoms with E-state index >= 15 is 0 Å². The van der Waals surface area contributed by atoms with Gasteiger partial charge in [0.05, 0.1) is 12.8 Å². The zero-order valence-electron chi connectivity index (χ0n) is 14.5. The summed E-state index contributed by atoms with van der Waals surface area (Å²) in [5.74, 6) is 1.06. The van der Waals surface area contributed by atoms with E-state index in [1.54, 1.807) is 24.5 Å². The van der Waals surface area contributed by atoms with Crippen LogP contribution in [-0.4, -0.2) is 30.1 Å². The van der Waals surface area contributed by atoms with Crippen LogP contribution in [-0.2, 0) is 11.3 Å². The summed E-state index contributed by atoms with van der Waals surface area (Å²) in [6, 6.07) is 12.9. The van der Waals surface area contributed by atoms with E-state index in [-0.39, 0.29) is 11.9 Å². The number of benzene rings is 1. The van der Waals surface area contributed by atoms with Gasteiger partial charge in [0.15, 0.2) is 5.76 Å². The summed E-state index contributed by atoms with van der Waals surface area (Å²) in [6.45, 7) is 2.30. The normalized spacial score (nSPS) is 12.3. The van der Waals surface area contributed by atoms with Crippen LogP contribution in [0.4, 0.5) is 0 Å². The second kappa shape index (κ2) is 7.36. The van der Waals surface area contributed by atoms with Gasteiger partial charge in [0.1, 0.15) is 11.7 Å². The smallest absolute Gasteiger partial charge is 0.242 e. The van der Waals surface area contributed by atoms with Crippen molar-refractivity contribution in [3.05, 3.63) is 65.5 Å². The summed E-state index contributed by atoms with van der Waals surface area (Å²) in [4.78, 5) is 14.6. The Hall–Kier alpha value is -2.86. The van der Waals surface area contributed by atoms with Crippen molar-refractivity contribution in [2.24, 2.45) is 0 Å². The van der Waals surface area contributed by atoms with E-state index in [1.165, 1.54) is 0 Å². The zero-order chi connectivity index (χ0) is 17.8. The summed E-state index contributed by atoms with van der Waals surface area (Å²) in [7, 11) is 3.77. The molecule has 1 aromatic carbocycles. The van der Waals surface area contributed by atoms with E-state index in [0.29, 0.717) is 23.8 Å². The molecule has 0 unspecified atom stereocenters. The van der Waals surface area contributed by atoms with E-state index in [1.807, 2.05) is 50.2 Å². The highest BCUT2D eigenvalue weighted by Crippen LogP contribution is 2.22. The van der Waals surface area contributed by atoms with Gasteiger partial charge in [0, 0.05) is 6.07 Å². The van der Waals surface area contributed by atoms with E-state index in [4.69, 9.17) is 8.94 Å². The number of hydrogen-bond acceptors (Lipinski definition) is 5. The fourth-order valence-corrected chi connectivity index (χ4v) is 2.73. The molecule has 0 saturated carbocycles. The molecule has 0 spiro atoms. The van der Waals surface area contributed by atoms with Crippen molar-refractivity contribution < 1.29 is 13.7 Å². The van der Waals surface area contributed by atoms with Crippen LogP contribution in [0.2, 0.25) is 0 Å². The highest BCUT2D eigenvalue weighted by atomic mass is 16.5. The van der Waals surface area contributed by atoms with Crippen LogP contribution in [0.3, 0.4) is 0 Å². The van der Waals surface area contributed by atoms with Crippen LogP contribution in [0.25, 0.3) is 11.5 Å². The first kappa shape index (κ1) is 17.0. The predicted molar refractivity (Wildman–Crippen MR) is 93.7 cm³/mol. The second-order valence-corrected chi connectivity index (χ2v) is 6.16. The molecule has 2 heterocycles. The molecular formula is C19H21N3O3. The van der Waals surface area contributed by atoms with Crippen LogP contribution >= 0.6 is 0 Å². The van der Waals surface area contributed by atoms with E-state index < -0.39 is 0 Å². The summed E-state index contributed by atoms with van der Waals surface area (Å²) in [6.07, 6.45) is 1.57. The second-order valence-electron chi connectivity index (χ2n) is 6.16. The largest absolute Gasteiger partial charge is 0.461 e. The van der Waals surface area contributed by atoms with Gasteiger partial charge in [-0.05, 0) is 38.7 Å². The van der Waals surface area contributed by atoms with E-state index in [2.05, 4.69) is 10.5 Å². The Bertz CT molecular complexity index is 837. The Morgan fingerprint density at radius 2 is 2.04 bits per heavy atom. The lowest BCUT2D eigenvalue weighted by atomic mass is 10.0. The summed E-state index contributed by atoms with van der Waals surface area (Å²) < 4.78 is 10.5. The molecule has 3 rings (SSSR count). The average molecular weight is 339 g/mol. The molecule has 6 heteroatoms. The minimum Gasteiger partial charge on any atom is -0.461 e. The molecule has 1 amide bonds. The maximum absolute atomic E-state index is 12.7. The quantitative estimate of drug-likeness (QED) is 0.747. The van der Waals surface area contributed by atoms with E-state index in [0.717, 1.165) is 11.1 Å². The number of carbonyl (C=O) groups is 1. The van der Waals surface area contributed by atoms with Crippen molar-refractivity contribution in [1.29, 1.82) is 0 Å². The van der Waals surface area contributed by atoms with Crippen LogP contribution in [0.15, 0.2) is 57.7 Å². The Balaban J connectivity index is 1.68. The Kier molecular flexibility index (Phi) is 5.00. The average Bonchev–Trinajstić information content (AvgIpc) is 3.24. The lowest BCUT2D eigenvalue weighted by Gasteiger charge is -2.24. The van der Waals surface area contributed by atoms with Gasteiger partial charge in [-0.15, -0.1) is 0 Å². The maximum atomic E-state index is 12.7. The number of aromatic nitrogens is 1. The first-order valence-electron chi connectivity index (χ1n) is 8.05. The van der Waals surface area contributed by atoms with Gasteiger partial charge in [0.2, 0.25) is 11.7 Å². The van der Waals surface area contributed by atoms with Gasteiger partial charge in [0.25, 0.3) is 0 Å². The third kappa shape index (κ3) is 3.97. The van der Waals surface area contributed by atoms with Crippen molar-refractivity contribution in [2.75, 3.05) is 14.1 Å². The molecule has 6 nitrogen and oxygen atoms in total. The first-order chi connectivity index (χ1) is 12.0. The third-order valence-corrected chi connectivity index (χ3v) is 3.89. The Morgan fingerprint density at radius 1 is 1.20 bits per heavy atom. The highest BCUT2D eigenvalue weighted by molar-refractivity contribution is 5.83. The zero-order valence-corrected chi connectivity index (χ0v) is 14.5. The number of nitrogens with one attached hydrogen (secondary N) is 1. The van der Waals surface area contributed by atoms with Crippen LogP contribution in [0.1, 0.15) is 22.9 Å². The molecule has 0 aliphatic heterocycles. The molecule has 0 saturated heterocycles. The summed E-state index contributed by atoms with van der Waals surface area (Å²) in [5, 5.41) is 6.90. The van der Waals surface area contributed by atoms with Gasteiger partial charge in [-0.25, -0.2) is 0 Å². The molecule has 2 aromatic heterocycles. The fraction of sp³-hybridized carbons (Fsp3) is 0.263. The predicted octanol–water partition coefficient (Wildman–Crippen LogP) is 3.16. The lowest BCUT2D eigenvalue weighted by molar-refractivity contribution is -0.126. The first-order valence-corrected chi connectivity index (χ1v) is 8.05. The standard InChI is InChI=1S/C19H21N3O3/c1-13-6-4-7-14(10-13)18(22(2)3)19(23)20-12-15-11-17(25-21-15)16-8-5-9-24-16/h4-11,18H,12H2,1-3H3,(H,20,23)/t18-/m0/s1. The molecule has 0 aliphatic rings. The fourth-order valence-electron chi connectivity index (χ4n) is 2.73. The number of hydrogen-bond donors (Lipinski definition) is 1. The molecule has 25 heavy (non-hydrogen) atoms. The number of likely N-dealkylation sites (N-methyl/N-ethyl adjacent to an activating group) is 1. The van der Waals surface area contributed by atoms with Gasteiger partial charge in [-0.2, -0.15) is 0 Å². The minimum atomic E-state index is -0.364. The topological polar surface area (TPSA) is 71.5 Å². The van der Waals surface area contributed by atoms with E-state index in [9.17, 15) is 4.79 Å². The third-order valence-electron chi connectivity index (χ3n) is 3.89. The highest BCUT2D eigenvalue weighted by Gasteiger charge is 2.23. The summed E-state index contributed by atoms with van der Waals surface area (Å²) >= 11 is 0. The number of nitrogens with zero attached hydrogens (tertiary/aromatic N) is 2. The van der Waals surface area contributed by atoms with Crippen molar-refractivity contribution in [3.63, 3.8) is 0 Å².